The minimum atomic E-state index is -1.07. The molecule has 0 spiro atoms. The average Bonchev–Trinajstić information content (AvgIpc) is 1.63. The maximum atomic E-state index is 12.7. The van der Waals surface area contributed by atoms with E-state index in [-0.39, 0.29) is 0 Å². The van der Waals surface area contributed by atoms with Gasteiger partial charge in [-0.25, -0.2) is 4.39 Å². The Labute approximate surface area is 48.8 Å². The van der Waals surface area contributed by atoms with Crippen molar-refractivity contribution in [3.8, 4) is 0 Å². The molecule has 0 N–H and O–H groups in total. The summed E-state index contributed by atoms with van der Waals surface area (Å²) in [6.07, 6.45) is 1.38. The van der Waals surface area contributed by atoms with E-state index in [0.29, 0.717) is 13.1 Å². The van der Waals surface area contributed by atoms with E-state index in [0.717, 1.165) is 0 Å². The fraction of sp³-hybridized carbons (Fsp3) is 0.667. The molecule has 1 saturated heterocycles. The van der Waals surface area contributed by atoms with Crippen molar-refractivity contribution in [2.45, 2.75) is 5.67 Å². The predicted molar refractivity (Wildman–Crippen MR) is 31.5 cm³/mol. The molecule has 0 aromatic heterocycles. The highest BCUT2D eigenvalue weighted by atomic mass is 19.1. The molecule has 0 unspecified atom stereocenters. The monoisotopic (exact) mass is 115 g/mol. The molecule has 1 nitrogen and oxygen atoms in total. The Morgan fingerprint density at radius 3 is 2.38 bits per heavy atom. The molecule has 0 aliphatic carbocycles. The lowest BCUT2D eigenvalue weighted by Gasteiger charge is -2.39. The minimum Gasteiger partial charge on any atom is -0.299 e. The fourth-order valence-corrected chi connectivity index (χ4v) is 0.980. The maximum absolute atomic E-state index is 12.7. The molecule has 2 heteroatoms. The second-order valence-electron chi connectivity index (χ2n) is 2.41. The molecule has 0 amide bonds. The summed E-state index contributed by atoms with van der Waals surface area (Å²) in [7, 11) is 1.89. The van der Waals surface area contributed by atoms with E-state index in [4.69, 9.17) is 0 Å². The van der Waals surface area contributed by atoms with E-state index < -0.39 is 5.67 Å². The van der Waals surface area contributed by atoms with Gasteiger partial charge in [0.05, 0.1) is 0 Å². The lowest BCUT2D eigenvalue weighted by atomic mass is 9.98. The summed E-state index contributed by atoms with van der Waals surface area (Å²) in [5.41, 5.74) is -1.07. The van der Waals surface area contributed by atoms with Crippen LogP contribution in [-0.4, -0.2) is 30.7 Å². The highest BCUT2D eigenvalue weighted by molar-refractivity contribution is 5.06. The molecule has 8 heavy (non-hydrogen) atoms. The largest absolute Gasteiger partial charge is 0.299 e. The predicted octanol–water partition coefficient (Wildman–Crippen LogP) is 0.826. The molecular formula is C6H10FN. The first-order chi connectivity index (χ1) is 3.66. The smallest absolute Gasteiger partial charge is 0.154 e. The highest BCUT2D eigenvalue weighted by Crippen LogP contribution is 2.23. The summed E-state index contributed by atoms with van der Waals surface area (Å²) in [5.74, 6) is 0. The first kappa shape index (κ1) is 5.76. The first-order valence-electron chi connectivity index (χ1n) is 2.67. The van der Waals surface area contributed by atoms with Gasteiger partial charge in [-0.3, -0.25) is 4.90 Å². The third-order valence-electron chi connectivity index (χ3n) is 1.43. The SMILES string of the molecule is C=CC1(F)CN(C)C1. The Morgan fingerprint density at radius 2 is 2.25 bits per heavy atom. The molecule has 1 aliphatic heterocycles. The van der Waals surface area contributed by atoms with Crippen molar-refractivity contribution in [3.05, 3.63) is 12.7 Å². The van der Waals surface area contributed by atoms with Crippen LogP contribution in [0.15, 0.2) is 12.7 Å². The Bertz CT molecular complexity index is 105. The molecule has 1 fully saturated rings. The highest BCUT2D eigenvalue weighted by Gasteiger charge is 2.37. The molecule has 1 aliphatic rings. The number of hydrogen-bond acceptors (Lipinski definition) is 1. The van der Waals surface area contributed by atoms with E-state index >= 15 is 0 Å². The van der Waals surface area contributed by atoms with E-state index in [1.54, 1.807) is 0 Å². The maximum Gasteiger partial charge on any atom is 0.154 e. The van der Waals surface area contributed by atoms with Gasteiger partial charge in [0, 0.05) is 13.1 Å². The molecule has 0 aromatic rings. The summed E-state index contributed by atoms with van der Waals surface area (Å²) >= 11 is 0. The van der Waals surface area contributed by atoms with Gasteiger partial charge in [-0.05, 0) is 7.05 Å². The van der Waals surface area contributed by atoms with Gasteiger partial charge in [0.1, 0.15) is 0 Å². The third kappa shape index (κ3) is 0.757. The Kier molecular flexibility index (Phi) is 1.12. The van der Waals surface area contributed by atoms with Crippen molar-refractivity contribution in [1.29, 1.82) is 0 Å². The molecule has 1 heterocycles. The number of halogens is 1. The van der Waals surface area contributed by atoms with E-state index in [2.05, 4.69) is 6.58 Å². The number of likely N-dealkylation sites (tertiary alicyclic amines) is 1. The zero-order chi connectivity index (χ0) is 6.20. The quantitative estimate of drug-likeness (QED) is 0.457. The van der Waals surface area contributed by atoms with Crippen LogP contribution in [0.25, 0.3) is 0 Å². The summed E-state index contributed by atoms with van der Waals surface area (Å²) in [6.45, 7) is 4.41. The van der Waals surface area contributed by atoms with Crippen molar-refractivity contribution >= 4 is 0 Å². The van der Waals surface area contributed by atoms with Gasteiger partial charge in [-0.15, -0.1) is 0 Å². The lowest BCUT2D eigenvalue weighted by molar-refractivity contribution is 0.0260. The van der Waals surface area contributed by atoms with Gasteiger partial charge >= 0.3 is 0 Å². The van der Waals surface area contributed by atoms with Crippen molar-refractivity contribution in [1.82, 2.24) is 4.90 Å². The number of rotatable bonds is 1. The molecule has 0 bridgehead atoms. The zero-order valence-corrected chi connectivity index (χ0v) is 5.02. The Balaban J connectivity index is 2.40. The van der Waals surface area contributed by atoms with Crippen LogP contribution < -0.4 is 0 Å². The van der Waals surface area contributed by atoms with Crippen molar-refractivity contribution in [2.75, 3.05) is 20.1 Å². The van der Waals surface area contributed by atoms with Crippen LogP contribution in [-0.2, 0) is 0 Å². The van der Waals surface area contributed by atoms with Crippen LogP contribution in [0.1, 0.15) is 0 Å². The zero-order valence-electron chi connectivity index (χ0n) is 5.02. The fourth-order valence-electron chi connectivity index (χ4n) is 0.980. The van der Waals surface area contributed by atoms with E-state index in [1.807, 2.05) is 11.9 Å². The number of hydrogen-bond donors (Lipinski definition) is 0. The van der Waals surface area contributed by atoms with Gasteiger partial charge in [-0.1, -0.05) is 12.7 Å². The van der Waals surface area contributed by atoms with Crippen LogP contribution in [0.4, 0.5) is 4.39 Å². The van der Waals surface area contributed by atoms with Crippen molar-refractivity contribution < 1.29 is 4.39 Å². The van der Waals surface area contributed by atoms with Crippen LogP contribution >= 0.6 is 0 Å². The van der Waals surface area contributed by atoms with Crippen molar-refractivity contribution in [3.63, 3.8) is 0 Å². The van der Waals surface area contributed by atoms with Gasteiger partial charge in [0.25, 0.3) is 0 Å². The van der Waals surface area contributed by atoms with Crippen LogP contribution in [0.3, 0.4) is 0 Å². The molecule has 0 saturated carbocycles. The summed E-state index contributed by atoms with van der Waals surface area (Å²) in [4.78, 5) is 1.92. The second kappa shape index (κ2) is 1.55. The van der Waals surface area contributed by atoms with Crippen LogP contribution in [0.2, 0.25) is 0 Å². The molecule has 46 valence electrons. The van der Waals surface area contributed by atoms with Crippen LogP contribution in [0, 0.1) is 0 Å². The molecular weight excluding hydrogens is 105 g/mol. The summed E-state index contributed by atoms with van der Waals surface area (Å²) < 4.78 is 12.7. The molecule has 0 radical (unpaired) electrons. The van der Waals surface area contributed by atoms with Gasteiger partial charge < -0.3 is 0 Å². The minimum absolute atomic E-state index is 0.510. The third-order valence-corrected chi connectivity index (χ3v) is 1.43. The van der Waals surface area contributed by atoms with E-state index in [9.17, 15) is 4.39 Å². The molecule has 1 rings (SSSR count). The number of nitrogens with zero attached hydrogens (tertiary/aromatic N) is 1. The summed E-state index contributed by atoms with van der Waals surface area (Å²) in [5, 5.41) is 0. The van der Waals surface area contributed by atoms with Gasteiger partial charge in [0.15, 0.2) is 5.67 Å². The lowest BCUT2D eigenvalue weighted by Crippen LogP contribution is -2.55. The molecule has 0 aromatic carbocycles. The Morgan fingerprint density at radius 1 is 1.75 bits per heavy atom. The standard InChI is InChI=1S/C6H10FN/c1-3-6(7)4-8(2)5-6/h3H,1,4-5H2,2H3. The van der Waals surface area contributed by atoms with E-state index in [1.165, 1.54) is 6.08 Å². The van der Waals surface area contributed by atoms with Crippen LogP contribution in [0.5, 0.6) is 0 Å². The first-order valence-corrected chi connectivity index (χ1v) is 2.67. The Hall–Kier alpha value is -0.370. The second-order valence-corrected chi connectivity index (χ2v) is 2.41. The summed E-state index contributed by atoms with van der Waals surface area (Å²) in [6, 6.07) is 0. The average molecular weight is 115 g/mol. The van der Waals surface area contributed by atoms with Gasteiger partial charge in [0.2, 0.25) is 0 Å². The normalized spacial score (nSPS) is 26.8. The van der Waals surface area contributed by atoms with Gasteiger partial charge in [-0.2, -0.15) is 0 Å². The molecule has 0 atom stereocenters. The van der Waals surface area contributed by atoms with Crippen molar-refractivity contribution in [2.24, 2.45) is 0 Å². The topological polar surface area (TPSA) is 3.24 Å². The number of alkyl halides is 1.